The molecule has 0 unspecified atom stereocenters. The van der Waals surface area contributed by atoms with Crippen LogP contribution in [-0.2, 0) is 0 Å². The highest BCUT2D eigenvalue weighted by atomic mass is 32.2. The van der Waals surface area contributed by atoms with Crippen molar-refractivity contribution in [3.05, 3.63) is 29.6 Å². The molecule has 8 nitrogen and oxygen atoms in total. The Hall–Kier alpha value is -2.60. The second-order valence-corrected chi connectivity index (χ2v) is 5.83. The van der Waals surface area contributed by atoms with Crippen LogP contribution in [0, 0.1) is 11.3 Å². The number of nitrogens with zero attached hydrogens (tertiary/aromatic N) is 5. The Morgan fingerprint density at radius 2 is 2.23 bits per heavy atom. The fourth-order valence-electron chi connectivity index (χ4n) is 2.27. The van der Waals surface area contributed by atoms with Crippen LogP contribution >= 0.6 is 11.8 Å². The van der Waals surface area contributed by atoms with E-state index in [4.69, 9.17) is 0 Å². The SMILES string of the molecule is N#Cc1c(NC(=O)c2nn[nH]n2)cccc1N1CCSCC1. The predicted molar refractivity (Wildman–Crippen MR) is 82.8 cm³/mol. The number of aromatic nitrogens is 4. The fourth-order valence-corrected chi connectivity index (χ4v) is 3.17. The van der Waals surface area contributed by atoms with Gasteiger partial charge in [0, 0.05) is 24.6 Å². The summed E-state index contributed by atoms with van der Waals surface area (Å²) in [7, 11) is 0. The van der Waals surface area contributed by atoms with E-state index in [0.717, 1.165) is 30.3 Å². The molecular formula is C13H13N7OS. The number of carbonyl (C=O) groups excluding carboxylic acids is 1. The molecule has 1 amide bonds. The van der Waals surface area contributed by atoms with Gasteiger partial charge in [0.15, 0.2) is 0 Å². The van der Waals surface area contributed by atoms with Gasteiger partial charge in [0.05, 0.1) is 16.9 Å². The van der Waals surface area contributed by atoms with Crippen molar-refractivity contribution in [1.82, 2.24) is 20.6 Å². The number of benzene rings is 1. The van der Waals surface area contributed by atoms with Gasteiger partial charge in [-0.2, -0.15) is 22.2 Å². The molecule has 1 saturated heterocycles. The number of amides is 1. The molecule has 0 saturated carbocycles. The van der Waals surface area contributed by atoms with Crippen LogP contribution in [0.5, 0.6) is 0 Å². The van der Waals surface area contributed by atoms with Crippen molar-refractivity contribution in [3.8, 4) is 6.07 Å². The Kier molecular flexibility index (Phi) is 4.20. The number of hydrogen-bond acceptors (Lipinski definition) is 7. The molecule has 1 aliphatic heterocycles. The normalized spacial score (nSPS) is 14.4. The average molecular weight is 315 g/mol. The number of H-pyrrole nitrogens is 1. The van der Waals surface area contributed by atoms with Gasteiger partial charge in [0.2, 0.25) is 0 Å². The van der Waals surface area contributed by atoms with E-state index < -0.39 is 5.91 Å². The Balaban J connectivity index is 1.88. The van der Waals surface area contributed by atoms with Crippen molar-refractivity contribution in [2.24, 2.45) is 0 Å². The Morgan fingerprint density at radius 3 is 2.91 bits per heavy atom. The second-order valence-electron chi connectivity index (χ2n) is 4.60. The van der Waals surface area contributed by atoms with E-state index >= 15 is 0 Å². The summed E-state index contributed by atoms with van der Waals surface area (Å²) in [6.07, 6.45) is 0. The van der Waals surface area contributed by atoms with Crippen LogP contribution in [0.4, 0.5) is 11.4 Å². The first-order chi connectivity index (χ1) is 10.8. The minimum Gasteiger partial charge on any atom is -0.369 e. The Bertz CT molecular complexity index is 704. The van der Waals surface area contributed by atoms with E-state index in [9.17, 15) is 10.1 Å². The molecule has 0 bridgehead atoms. The molecule has 1 fully saturated rings. The molecule has 0 aliphatic carbocycles. The monoisotopic (exact) mass is 315 g/mol. The summed E-state index contributed by atoms with van der Waals surface area (Å²) in [6, 6.07) is 7.60. The number of nitrogens with one attached hydrogen (secondary N) is 2. The third kappa shape index (κ3) is 2.87. The molecule has 112 valence electrons. The lowest BCUT2D eigenvalue weighted by Crippen LogP contribution is -2.33. The fraction of sp³-hybridized carbons (Fsp3) is 0.308. The lowest BCUT2D eigenvalue weighted by atomic mass is 10.1. The molecule has 3 rings (SSSR count). The van der Waals surface area contributed by atoms with Crippen LogP contribution in [0.25, 0.3) is 0 Å². The van der Waals surface area contributed by atoms with E-state index in [1.807, 2.05) is 23.9 Å². The van der Waals surface area contributed by atoms with E-state index in [0.29, 0.717) is 11.3 Å². The minimum atomic E-state index is -0.503. The number of rotatable bonds is 3. The average Bonchev–Trinajstić information content (AvgIpc) is 3.10. The van der Waals surface area contributed by atoms with Gasteiger partial charge in [0.25, 0.3) is 11.7 Å². The third-order valence-corrected chi connectivity index (χ3v) is 4.25. The molecule has 1 aromatic heterocycles. The van der Waals surface area contributed by atoms with E-state index in [1.165, 1.54) is 0 Å². The summed E-state index contributed by atoms with van der Waals surface area (Å²) in [5.41, 5.74) is 1.74. The number of carbonyl (C=O) groups is 1. The van der Waals surface area contributed by atoms with E-state index in [-0.39, 0.29) is 5.82 Å². The molecule has 0 spiro atoms. The van der Waals surface area contributed by atoms with Crippen molar-refractivity contribution in [2.45, 2.75) is 0 Å². The lowest BCUT2D eigenvalue weighted by molar-refractivity contribution is 0.101. The smallest absolute Gasteiger partial charge is 0.297 e. The summed E-state index contributed by atoms with van der Waals surface area (Å²) in [5, 5.41) is 25.0. The summed E-state index contributed by atoms with van der Waals surface area (Å²) in [6.45, 7) is 1.78. The van der Waals surface area contributed by atoms with Crippen molar-refractivity contribution >= 4 is 29.0 Å². The third-order valence-electron chi connectivity index (χ3n) is 3.30. The van der Waals surface area contributed by atoms with Crippen LogP contribution in [0.3, 0.4) is 0 Å². The molecular weight excluding hydrogens is 302 g/mol. The molecule has 22 heavy (non-hydrogen) atoms. The van der Waals surface area contributed by atoms with Gasteiger partial charge in [-0.3, -0.25) is 4.79 Å². The standard InChI is InChI=1S/C13H13N7OS/c14-8-9-10(15-13(21)12-16-18-19-17-12)2-1-3-11(9)20-4-6-22-7-5-20/h1-3H,4-7H2,(H,15,21)(H,16,17,18,19). The highest BCUT2D eigenvalue weighted by Crippen LogP contribution is 2.29. The van der Waals surface area contributed by atoms with Gasteiger partial charge in [-0.1, -0.05) is 6.07 Å². The first-order valence-electron chi connectivity index (χ1n) is 6.70. The number of nitriles is 1. The van der Waals surface area contributed by atoms with Crippen molar-refractivity contribution in [3.63, 3.8) is 0 Å². The highest BCUT2D eigenvalue weighted by Gasteiger charge is 2.19. The van der Waals surface area contributed by atoms with E-state index in [1.54, 1.807) is 6.07 Å². The first kappa shape index (κ1) is 14.3. The molecule has 0 radical (unpaired) electrons. The minimum absolute atomic E-state index is 0.0661. The first-order valence-corrected chi connectivity index (χ1v) is 7.85. The maximum Gasteiger partial charge on any atom is 0.297 e. The van der Waals surface area contributed by atoms with Gasteiger partial charge in [-0.25, -0.2) is 0 Å². The van der Waals surface area contributed by atoms with Crippen LogP contribution < -0.4 is 10.2 Å². The molecule has 0 atom stereocenters. The Morgan fingerprint density at radius 1 is 1.41 bits per heavy atom. The Labute approximate surface area is 130 Å². The molecule has 9 heteroatoms. The van der Waals surface area contributed by atoms with Gasteiger partial charge in [-0.15, -0.1) is 10.2 Å². The summed E-state index contributed by atoms with van der Waals surface area (Å²) < 4.78 is 0. The maximum atomic E-state index is 12.0. The number of thioether (sulfide) groups is 1. The number of anilines is 2. The van der Waals surface area contributed by atoms with Gasteiger partial charge in [-0.05, 0) is 17.3 Å². The molecule has 1 aliphatic rings. The van der Waals surface area contributed by atoms with Crippen LogP contribution in [0.2, 0.25) is 0 Å². The second kappa shape index (κ2) is 6.44. The zero-order valence-electron chi connectivity index (χ0n) is 11.6. The predicted octanol–water partition coefficient (Wildman–Crippen LogP) is 0.877. The van der Waals surface area contributed by atoms with Crippen molar-refractivity contribution in [2.75, 3.05) is 34.8 Å². The summed E-state index contributed by atoms with van der Waals surface area (Å²) in [4.78, 5) is 14.2. The number of hydrogen-bond donors (Lipinski definition) is 2. The van der Waals surface area contributed by atoms with Crippen molar-refractivity contribution < 1.29 is 4.79 Å². The number of aromatic amines is 1. The summed E-state index contributed by atoms with van der Waals surface area (Å²) in [5.74, 6) is 1.49. The largest absolute Gasteiger partial charge is 0.369 e. The lowest BCUT2D eigenvalue weighted by Gasteiger charge is -2.29. The zero-order valence-corrected chi connectivity index (χ0v) is 12.4. The zero-order chi connectivity index (χ0) is 15.4. The quantitative estimate of drug-likeness (QED) is 0.864. The van der Waals surface area contributed by atoms with E-state index in [2.05, 4.69) is 36.9 Å². The van der Waals surface area contributed by atoms with Crippen LogP contribution in [0.1, 0.15) is 16.2 Å². The number of tetrazole rings is 1. The van der Waals surface area contributed by atoms with Crippen molar-refractivity contribution in [1.29, 1.82) is 5.26 Å². The van der Waals surface area contributed by atoms with Crippen LogP contribution in [0.15, 0.2) is 18.2 Å². The van der Waals surface area contributed by atoms with Crippen LogP contribution in [-0.4, -0.2) is 51.1 Å². The van der Waals surface area contributed by atoms with Gasteiger partial charge >= 0.3 is 0 Å². The molecule has 2 heterocycles. The molecule has 2 N–H and O–H groups in total. The van der Waals surface area contributed by atoms with Gasteiger partial charge < -0.3 is 10.2 Å². The molecule has 1 aromatic carbocycles. The van der Waals surface area contributed by atoms with Gasteiger partial charge in [0.1, 0.15) is 6.07 Å². The molecule has 2 aromatic rings. The maximum absolute atomic E-state index is 12.0. The highest BCUT2D eigenvalue weighted by molar-refractivity contribution is 7.99. The summed E-state index contributed by atoms with van der Waals surface area (Å²) >= 11 is 1.90. The topological polar surface area (TPSA) is 111 Å².